The van der Waals surface area contributed by atoms with Gasteiger partial charge in [-0.25, -0.2) is 28.8 Å². The minimum atomic E-state index is -1.14. The number of aliphatic hydroxyl groups is 2. The lowest BCUT2D eigenvalue weighted by atomic mass is 10.1. The van der Waals surface area contributed by atoms with E-state index in [-0.39, 0.29) is 22.3 Å². The van der Waals surface area contributed by atoms with Crippen LogP contribution in [0.4, 0.5) is 0 Å². The second-order valence-electron chi connectivity index (χ2n) is 6.91. The topological polar surface area (TPSA) is 211 Å². The van der Waals surface area contributed by atoms with Crippen LogP contribution in [0, 0.1) is 0 Å². The van der Waals surface area contributed by atoms with Gasteiger partial charge in [0.2, 0.25) is 0 Å². The molecule has 1 aliphatic heterocycles. The Kier molecular flexibility index (Phi) is 16.3. The molecule has 1 heterocycles. The van der Waals surface area contributed by atoms with Crippen molar-refractivity contribution >= 4 is 35.8 Å². The van der Waals surface area contributed by atoms with Crippen LogP contribution in [0.15, 0.2) is 72.8 Å². The Balaban J connectivity index is 0.000000552. The van der Waals surface area contributed by atoms with E-state index < -0.39 is 35.8 Å². The number of rotatable bonds is 4. The Morgan fingerprint density at radius 3 is 1.07 bits per heavy atom. The van der Waals surface area contributed by atoms with E-state index in [1.165, 1.54) is 38.5 Å². The second-order valence-corrected chi connectivity index (χ2v) is 6.91. The van der Waals surface area contributed by atoms with Crippen LogP contribution in [0.25, 0.3) is 0 Å². The SMILES string of the molecule is CO.CO.COC(=O)c1ccccc1C(=O)O.COC(=O)c1ccccc1C(=O)O.O=C1OC(=O)c2ccccc21. The summed E-state index contributed by atoms with van der Waals surface area (Å²) >= 11 is 0. The number of fused-ring (bicyclic) bond motifs is 1. The molecule has 13 heteroatoms. The predicted octanol–water partition coefficient (Wildman–Crippen LogP) is 2.56. The average Bonchev–Trinajstić information content (AvgIpc) is 3.31. The average molecular weight is 573 g/mol. The Morgan fingerprint density at radius 1 is 0.537 bits per heavy atom. The highest BCUT2D eigenvalue weighted by atomic mass is 16.6. The smallest absolute Gasteiger partial charge is 0.346 e. The van der Waals surface area contributed by atoms with E-state index in [1.807, 2.05) is 0 Å². The van der Waals surface area contributed by atoms with Crippen LogP contribution in [0.1, 0.15) is 62.1 Å². The lowest BCUT2D eigenvalue weighted by molar-refractivity contribution is 0.0441. The number of hydrogen-bond donors (Lipinski definition) is 4. The molecule has 4 rings (SSSR count). The molecule has 0 fully saturated rings. The van der Waals surface area contributed by atoms with Crippen molar-refractivity contribution in [3.63, 3.8) is 0 Å². The highest BCUT2D eigenvalue weighted by Gasteiger charge is 2.28. The number of methoxy groups -OCH3 is 2. The van der Waals surface area contributed by atoms with E-state index in [9.17, 15) is 28.8 Å². The highest BCUT2D eigenvalue weighted by molar-refractivity contribution is 6.14. The third-order valence-corrected chi connectivity index (χ3v) is 4.68. The number of carbonyl (C=O) groups is 6. The molecule has 4 N–H and O–H groups in total. The van der Waals surface area contributed by atoms with Crippen LogP contribution in [0.5, 0.6) is 0 Å². The fourth-order valence-electron chi connectivity index (χ4n) is 2.95. The number of carbonyl (C=O) groups excluding carboxylic acids is 4. The lowest BCUT2D eigenvalue weighted by Crippen LogP contribution is -2.09. The van der Waals surface area contributed by atoms with Crippen LogP contribution < -0.4 is 0 Å². The van der Waals surface area contributed by atoms with Crippen LogP contribution in [0.3, 0.4) is 0 Å². The first-order chi connectivity index (χ1) is 19.6. The molecule has 0 unspecified atom stereocenters. The standard InChI is InChI=1S/2C9H8O4.C8H4O3.2CH4O/c2*1-13-9(12)7-5-3-2-4-6(7)8(10)11;9-7-5-3-1-2-4-6(5)8(10)11-7;2*1-2/h2*2-5H,1H3,(H,10,11);1-4H;2*2H,1H3. The van der Waals surface area contributed by atoms with Gasteiger partial charge < -0.3 is 34.6 Å². The number of benzene rings is 3. The minimum absolute atomic E-state index is 0.0469. The van der Waals surface area contributed by atoms with Gasteiger partial charge in [0.1, 0.15) is 0 Å². The first kappa shape index (κ1) is 35.6. The van der Waals surface area contributed by atoms with Gasteiger partial charge in [-0.3, -0.25) is 0 Å². The number of carboxylic acids is 2. The van der Waals surface area contributed by atoms with Crippen molar-refractivity contribution in [1.82, 2.24) is 0 Å². The molecule has 41 heavy (non-hydrogen) atoms. The summed E-state index contributed by atoms with van der Waals surface area (Å²) in [5.74, 6) is -4.66. The number of cyclic esters (lactones) is 2. The Bertz CT molecular complexity index is 1260. The van der Waals surface area contributed by atoms with Gasteiger partial charge in [0.25, 0.3) is 0 Å². The van der Waals surface area contributed by atoms with E-state index in [2.05, 4.69) is 14.2 Å². The summed E-state index contributed by atoms with van der Waals surface area (Å²) in [5.41, 5.74) is 0.758. The molecule has 3 aromatic carbocycles. The summed E-state index contributed by atoms with van der Waals surface area (Å²) < 4.78 is 13.2. The summed E-state index contributed by atoms with van der Waals surface area (Å²) in [5, 5.41) is 31.4. The van der Waals surface area contributed by atoms with Crippen molar-refractivity contribution in [3.05, 3.63) is 106 Å². The van der Waals surface area contributed by atoms with Gasteiger partial charge in [0, 0.05) is 14.2 Å². The van der Waals surface area contributed by atoms with Gasteiger partial charge in [-0.05, 0) is 36.4 Å². The number of esters is 4. The van der Waals surface area contributed by atoms with E-state index in [0.29, 0.717) is 11.1 Å². The molecular formula is C28H28O13. The van der Waals surface area contributed by atoms with Gasteiger partial charge in [-0.15, -0.1) is 0 Å². The molecule has 0 saturated carbocycles. The van der Waals surface area contributed by atoms with Gasteiger partial charge in [-0.2, -0.15) is 0 Å². The van der Waals surface area contributed by atoms with Crippen molar-refractivity contribution in [2.24, 2.45) is 0 Å². The third kappa shape index (κ3) is 10.4. The van der Waals surface area contributed by atoms with Gasteiger partial charge in [-0.1, -0.05) is 36.4 Å². The summed E-state index contributed by atoms with van der Waals surface area (Å²) in [4.78, 5) is 65.0. The quantitative estimate of drug-likeness (QED) is 0.201. The molecule has 0 aromatic heterocycles. The first-order valence-corrected chi connectivity index (χ1v) is 11.2. The van der Waals surface area contributed by atoms with Crippen LogP contribution in [-0.4, -0.2) is 84.7 Å². The van der Waals surface area contributed by atoms with Crippen molar-refractivity contribution in [2.75, 3.05) is 28.4 Å². The fourth-order valence-corrected chi connectivity index (χ4v) is 2.95. The van der Waals surface area contributed by atoms with Crippen LogP contribution in [-0.2, 0) is 14.2 Å². The molecular weight excluding hydrogens is 544 g/mol. The Morgan fingerprint density at radius 2 is 0.805 bits per heavy atom. The van der Waals surface area contributed by atoms with Gasteiger partial charge >= 0.3 is 35.8 Å². The molecule has 0 amide bonds. The molecule has 3 aromatic rings. The fraction of sp³-hybridized carbons (Fsp3) is 0.143. The molecule has 0 bridgehead atoms. The van der Waals surface area contributed by atoms with Crippen molar-refractivity contribution in [1.29, 1.82) is 0 Å². The lowest BCUT2D eigenvalue weighted by Gasteiger charge is -2.02. The van der Waals surface area contributed by atoms with Crippen molar-refractivity contribution in [3.8, 4) is 0 Å². The molecule has 218 valence electrons. The first-order valence-electron chi connectivity index (χ1n) is 11.2. The number of ether oxygens (including phenoxy) is 3. The van der Waals surface area contributed by atoms with Crippen LogP contribution >= 0.6 is 0 Å². The predicted molar refractivity (Wildman–Crippen MR) is 142 cm³/mol. The molecule has 0 atom stereocenters. The largest absolute Gasteiger partial charge is 0.478 e. The van der Waals surface area contributed by atoms with E-state index in [1.54, 1.807) is 48.5 Å². The number of carboxylic acid groups (broad SMARTS) is 2. The molecule has 0 saturated heterocycles. The van der Waals surface area contributed by atoms with Crippen molar-refractivity contribution in [2.45, 2.75) is 0 Å². The number of aliphatic hydroxyl groups excluding tert-OH is 2. The molecule has 1 aliphatic rings. The molecule has 13 nitrogen and oxygen atoms in total. The zero-order valence-electron chi connectivity index (χ0n) is 22.4. The normalized spacial score (nSPS) is 10.1. The van der Waals surface area contributed by atoms with Crippen LogP contribution in [0.2, 0.25) is 0 Å². The van der Waals surface area contributed by atoms with Gasteiger partial charge in [0.15, 0.2) is 0 Å². The van der Waals surface area contributed by atoms with E-state index in [4.69, 9.17) is 20.4 Å². The molecule has 0 aliphatic carbocycles. The minimum Gasteiger partial charge on any atom is -0.478 e. The number of aromatic carboxylic acids is 2. The zero-order valence-corrected chi connectivity index (χ0v) is 22.4. The zero-order chi connectivity index (χ0) is 31.5. The van der Waals surface area contributed by atoms with E-state index in [0.717, 1.165) is 14.2 Å². The maximum absolute atomic E-state index is 11.1. The summed E-state index contributed by atoms with van der Waals surface area (Å²) in [6.45, 7) is 0. The summed E-state index contributed by atoms with van der Waals surface area (Å²) in [6, 6.07) is 18.3. The summed E-state index contributed by atoms with van der Waals surface area (Å²) in [6.07, 6.45) is 0. The molecule has 0 radical (unpaired) electrons. The second kappa shape index (κ2) is 18.8. The van der Waals surface area contributed by atoms with E-state index >= 15 is 0 Å². The molecule has 0 spiro atoms. The van der Waals surface area contributed by atoms with Crippen molar-refractivity contribution < 1.29 is 63.4 Å². The monoisotopic (exact) mass is 572 g/mol. The Labute approximate surface area is 234 Å². The maximum Gasteiger partial charge on any atom is 0.346 e. The third-order valence-electron chi connectivity index (χ3n) is 4.68. The van der Waals surface area contributed by atoms with Gasteiger partial charge in [0.05, 0.1) is 47.6 Å². The maximum atomic E-state index is 11.1. The number of hydrogen-bond acceptors (Lipinski definition) is 11. The summed E-state index contributed by atoms with van der Waals surface area (Å²) in [7, 11) is 4.42. The Hall–Kier alpha value is -5.40. The highest BCUT2D eigenvalue weighted by Crippen LogP contribution is 2.18.